The molecule has 0 aliphatic carbocycles. The summed E-state index contributed by atoms with van der Waals surface area (Å²) in [6.45, 7) is -0.120. The number of nitrogens with two attached hydrogens (primary N) is 3. The predicted octanol–water partition coefficient (Wildman–Crippen LogP) is -4.34. The number of carbonyl (C=O) groups excluding carboxylic acids is 9. The van der Waals surface area contributed by atoms with Gasteiger partial charge in [-0.25, -0.2) is 0 Å². The first-order valence-electron chi connectivity index (χ1n) is 20.2. The lowest BCUT2D eigenvalue weighted by Gasteiger charge is -2.28. The molecule has 0 spiro atoms. The second-order valence-electron chi connectivity index (χ2n) is 15.2. The highest BCUT2D eigenvalue weighted by Crippen LogP contribution is 2.20. The molecule has 1 saturated heterocycles. The van der Waals surface area contributed by atoms with Crippen molar-refractivity contribution in [1.82, 2.24) is 41.8 Å². The zero-order valence-electron chi connectivity index (χ0n) is 34.8. The molecule has 3 aromatic rings. The number of amides is 9. The van der Waals surface area contributed by atoms with Gasteiger partial charge in [-0.2, -0.15) is 0 Å². The molecule has 23 nitrogen and oxygen atoms in total. The van der Waals surface area contributed by atoms with Gasteiger partial charge in [0.25, 0.3) is 0 Å². The third-order valence-corrected chi connectivity index (χ3v) is 10.2. The second-order valence-corrected chi connectivity index (χ2v) is 15.2. The first kappa shape index (κ1) is 49.3. The Morgan fingerprint density at radius 2 is 1.33 bits per heavy atom. The number of fused-ring (bicyclic) bond motifs is 1. The van der Waals surface area contributed by atoms with E-state index in [2.05, 4.69) is 36.9 Å². The number of carbonyl (C=O) groups is 10. The summed E-state index contributed by atoms with van der Waals surface area (Å²) in [5.41, 5.74) is 18.2. The maximum atomic E-state index is 13.9. The molecule has 1 fully saturated rings. The number of rotatable bonds is 23. The van der Waals surface area contributed by atoms with Crippen LogP contribution in [-0.2, 0) is 60.8 Å². The van der Waals surface area contributed by atoms with Crippen LogP contribution in [0.5, 0.6) is 0 Å². The second kappa shape index (κ2) is 23.2. The number of aliphatic hydroxyl groups is 1. The van der Waals surface area contributed by atoms with Gasteiger partial charge < -0.3 is 69.2 Å². The van der Waals surface area contributed by atoms with E-state index in [0.717, 1.165) is 15.8 Å². The highest BCUT2D eigenvalue weighted by atomic mass is 16.4. The summed E-state index contributed by atoms with van der Waals surface area (Å²) >= 11 is 0. The van der Waals surface area contributed by atoms with Crippen LogP contribution in [0.3, 0.4) is 0 Å². The fourth-order valence-electron chi connectivity index (χ4n) is 6.97. The number of nitrogens with one attached hydrogen (secondary N) is 7. The van der Waals surface area contributed by atoms with Crippen LogP contribution in [0.25, 0.3) is 10.9 Å². The third kappa shape index (κ3) is 14.1. The lowest BCUT2D eigenvalue weighted by atomic mass is 10.0. The Hall–Kier alpha value is -7.40. The van der Waals surface area contributed by atoms with E-state index in [0.29, 0.717) is 17.5 Å². The van der Waals surface area contributed by atoms with Crippen LogP contribution in [0.4, 0.5) is 0 Å². The highest BCUT2D eigenvalue weighted by molar-refractivity contribution is 5.99. The number of benzene rings is 2. The summed E-state index contributed by atoms with van der Waals surface area (Å²) in [4.78, 5) is 133. The Morgan fingerprint density at radius 1 is 0.734 bits per heavy atom. The van der Waals surface area contributed by atoms with Crippen LogP contribution in [0, 0.1) is 0 Å². The molecule has 0 unspecified atom stereocenters. The van der Waals surface area contributed by atoms with Gasteiger partial charge in [-0.3, -0.25) is 47.9 Å². The number of aliphatic hydroxyl groups excluding tert-OH is 1. The van der Waals surface area contributed by atoms with Crippen molar-refractivity contribution in [3.8, 4) is 0 Å². The van der Waals surface area contributed by atoms with E-state index in [9.17, 15) is 53.1 Å². The first-order chi connectivity index (χ1) is 30.4. The molecule has 0 radical (unpaired) electrons. The van der Waals surface area contributed by atoms with E-state index >= 15 is 0 Å². The number of H-pyrrole nitrogens is 1. The number of carboxylic acids is 1. The molecule has 23 heteroatoms. The van der Waals surface area contributed by atoms with Gasteiger partial charge >= 0.3 is 5.97 Å². The Bertz CT molecular complexity index is 2220. The number of carboxylic acid groups (broad SMARTS) is 1. The molecule has 2 heterocycles. The zero-order chi connectivity index (χ0) is 47.1. The summed E-state index contributed by atoms with van der Waals surface area (Å²) in [6, 6.07) is 5.41. The molecular formula is C41H53N11O12. The van der Waals surface area contributed by atoms with E-state index in [-0.39, 0.29) is 25.8 Å². The molecule has 1 aliphatic heterocycles. The van der Waals surface area contributed by atoms with Crippen LogP contribution >= 0.6 is 0 Å². The molecule has 2 aromatic carbocycles. The van der Waals surface area contributed by atoms with Gasteiger partial charge in [-0.1, -0.05) is 48.5 Å². The molecule has 64 heavy (non-hydrogen) atoms. The molecule has 7 atom stereocenters. The Kier molecular flexibility index (Phi) is 17.8. The number of likely N-dealkylation sites (tertiary alicyclic amines) is 1. The molecule has 344 valence electrons. The molecule has 0 saturated carbocycles. The number of para-hydroxylation sites is 1. The predicted molar refractivity (Wildman–Crippen MR) is 226 cm³/mol. The van der Waals surface area contributed by atoms with Gasteiger partial charge in [-0.05, 0) is 37.0 Å². The van der Waals surface area contributed by atoms with Crippen LogP contribution < -0.4 is 49.1 Å². The minimum absolute atomic E-state index is 0.106. The number of primary amides is 2. The minimum Gasteiger partial charge on any atom is -0.481 e. The molecule has 15 N–H and O–H groups in total. The van der Waals surface area contributed by atoms with Crippen molar-refractivity contribution in [2.45, 2.75) is 87.7 Å². The topological polar surface area (TPSA) is 380 Å². The zero-order valence-corrected chi connectivity index (χ0v) is 34.8. The number of aromatic amines is 1. The maximum Gasteiger partial charge on any atom is 0.305 e. The number of nitrogens with zero attached hydrogens (tertiary/aromatic N) is 1. The standard InChI is InChI=1S/C41H53N11O12/c1-21(47-40(63)31-12-7-13-52(31)41(64)25(42)16-34(56)57)35(58)48-27(14-22-8-3-2-4-9-22)37(60)50-29(17-32(43)54)38(61)51-30(20-53)39(62)49-28(36(59)46-19-33(44)55)15-23-18-45-26-11-6-5-10-24(23)26/h2-6,8-11,18,21,25,27-31,45,53H,7,12-17,19-20,42H2,1H3,(H2,43,54)(H2,44,55)(H,46,59)(H,47,63)(H,48,58)(H,49,62)(H,50,60)(H,51,61)(H,56,57)/t21-,25-,27-,28+,29-,30-,31-/m0/s1. The van der Waals surface area contributed by atoms with E-state index in [1.165, 1.54) is 6.92 Å². The molecule has 4 rings (SSSR count). The van der Waals surface area contributed by atoms with Crippen molar-refractivity contribution in [2.75, 3.05) is 19.7 Å². The molecule has 9 amide bonds. The van der Waals surface area contributed by atoms with Gasteiger partial charge in [0.2, 0.25) is 53.2 Å². The smallest absolute Gasteiger partial charge is 0.305 e. The summed E-state index contributed by atoms with van der Waals surface area (Å²) < 4.78 is 0. The molecule has 1 aliphatic rings. The number of hydrogen-bond donors (Lipinski definition) is 12. The maximum absolute atomic E-state index is 13.9. The van der Waals surface area contributed by atoms with Crippen LogP contribution in [0.1, 0.15) is 43.7 Å². The van der Waals surface area contributed by atoms with Gasteiger partial charge in [0.1, 0.15) is 36.3 Å². The lowest BCUT2D eigenvalue weighted by molar-refractivity contribution is -0.144. The Morgan fingerprint density at radius 3 is 1.98 bits per heavy atom. The average Bonchev–Trinajstić information content (AvgIpc) is 3.91. The normalized spacial score (nSPS) is 16.2. The van der Waals surface area contributed by atoms with Gasteiger partial charge in [-0.15, -0.1) is 0 Å². The highest BCUT2D eigenvalue weighted by Gasteiger charge is 2.38. The first-order valence-corrected chi connectivity index (χ1v) is 20.2. The Balaban J connectivity index is 1.47. The summed E-state index contributed by atoms with van der Waals surface area (Å²) in [5.74, 6) is -9.56. The number of aliphatic carboxylic acids is 1. The lowest BCUT2D eigenvalue weighted by Crippen LogP contribution is -2.61. The monoisotopic (exact) mass is 891 g/mol. The van der Waals surface area contributed by atoms with Crippen molar-refractivity contribution < 1.29 is 58.2 Å². The number of hydrogen-bond acceptors (Lipinski definition) is 12. The van der Waals surface area contributed by atoms with Crippen molar-refractivity contribution in [3.05, 3.63) is 71.9 Å². The van der Waals surface area contributed by atoms with Gasteiger partial charge in [0, 0.05) is 36.5 Å². The van der Waals surface area contributed by atoms with E-state index < -0.39 is 127 Å². The summed E-state index contributed by atoms with van der Waals surface area (Å²) in [6.07, 6.45) is 0.525. The van der Waals surface area contributed by atoms with E-state index in [4.69, 9.17) is 22.3 Å². The van der Waals surface area contributed by atoms with Crippen LogP contribution in [0.15, 0.2) is 60.8 Å². The Labute approximate surface area is 366 Å². The van der Waals surface area contributed by atoms with Crippen molar-refractivity contribution >= 4 is 70.0 Å². The molecular weight excluding hydrogens is 839 g/mol. The fraction of sp³-hybridized carbons (Fsp3) is 0.415. The third-order valence-electron chi connectivity index (χ3n) is 10.2. The molecule has 1 aromatic heterocycles. The van der Waals surface area contributed by atoms with E-state index in [1.54, 1.807) is 60.8 Å². The fourth-order valence-corrected chi connectivity index (χ4v) is 6.97. The molecule has 0 bridgehead atoms. The largest absolute Gasteiger partial charge is 0.481 e. The van der Waals surface area contributed by atoms with Crippen LogP contribution in [0.2, 0.25) is 0 Å². The van der Waals surface area contributed by atoms with Crippen LogP contribution in [-0.4, -0.2) is 141 Å². The quantitative estimate of drug-likeness (QED) is 0.0429. The summed E-state index contributed by atoms with van der Waals surface area (Å²) in [5, 5.41) is 34.4. The SMILES string of the molecule is C[C@H](NC(=O)[C@@H]1CCCN1C(=O)[C@@H](N)CC(=O)O)C(=O)N[C@@H](Cc1ccccc1)C(=O)N[C@@H](CC(N)=O)C(=O)N[C@@H](CO)C(=O)N[C@H](Cc1c[nH]c2ccccc12)C(=O)NCC(N)=O. The van der Waals surface area contributed by atoms with Crippen molar-refractivity contribution in [3.63, 3.8) is 0 Å². The van der Waals surface area contributed by atoms with Crippen molar-refractivity contribution in [1.29, 1.82) is 0 Å². The van der Waals surface area contributed by atoms with Gasteiger partial charge in [0.05, 0.1) is 32.0 Å². The van der Waals surface area contributed by atoms with Gasteiger partial charge in [0.15, 0.2) is 0 Å². The van der Waals surface area contributed by atoms with Crippen molar-refractivity contribution in [2.24, 2.45) is 17.2 Å². The summed E-state index contributed by atoms with van der Waals surface area (Å²) in [7, 11) is 0. The minimum atomic E-state index is -1.77. The number of aromatic nitrogens is 1. The average molecular weight is 892 g/mol. The van der Waals surface area contributed by atoms with E-state index in [1.807, 2.05) is 0 Å².